The van der Waals surface area contributed by atoms with E-state index in [-0.39, 0.29) is 17.6 Å². The van der Waals surface area contributed by atoms with Gasteiger partial charge < -0.3 is 15.0 Å². The quantitative estimate of drug-likeness (QED) is 0.373. The van der Waals surface area contributed by atoms with Gasteiger partial charge in [0.15, 0.2) is 0 Å². The van der Waals surface area contributed by atoms with Crippen LogP contribution in [0.4, 0.5) is 30.2 Å². The number of benzene rings is 2. The fourth-order valence-corrected chi connectivity index (χ4v) is 5.29. The molecule has 0 spiro atoms. The average molecular weight is 533 g/mol. The van der Waals surface area contributed by atoms with Crippen LogP contribution in [0.2, 0.25) is 0 Å². The predicted octanol–water partition coefficient (Wildman–Crippen LogP) is 6.96. The highest BCUT2D eigenvalue weighted by molar-refractivity contribution is 5.58. The number of piperazine rings is 1. The summed E-state index contributed by atoms with van der Waals surface area (Å²) in [6.45, 7) is 12.3. The second-order valence-electron chi connectivity index (χ2n) is 11.4. The van der Waals surface area contributed by atoms with Crippen molar-refractivity contribution >= 4 is 17.1 Å². The fourth-order valence-electron chi connectivity index (χ4n) is 5.29. The van der Waals surface area contributed by atoms with E-state index in [0.29, 0.717) is 12.3 Å². The van der Waals surface area contributed by atoms with Crippen molar-refractivity contribution in [3.05, 3.63) is 58.5 Å². The van der Waals surface area contributed by atoms with E-state index in [9.17, 15) is 18.1 Å². The molecule has 4 rings (SSSR count). The van der Waals surface area contributed by atoms with Crippen LogP contribution in [0.1, 0.15) is 57.6 Å². The maximum atomic E-state index is 13.2. The van der Waals surface area contributed by atoms with Crippen molar-refractivity contribution in [2.24, 2.45) is 5.18 Å². The third kappa shape index (κ3) is 7.47. The van der Waals surface area contributed by atoms with Crippen LogP contribution in [-0.4, -0.2) is 56.4 Å². The average Bonchev–Trinajstić information content (AvgIpc) is 2.89. The Bertz CT molecular complexity index is 1050. The summed E-state index contributed by atoms with van der Waals surface area (Å²) in [6, 6.07) is 12.6. The molecule has 1 saturated carbocycles. The van der Waals surface area contributed by atoms with Gasteiger partial charge in [0.25, 0.3) is 0 Å². The lowest BCUT2D eigenvalue weighted by Gasteiger charge is -2.36. The molecule has 6 nitrogen and oxygen atoms in total. The van der Waals surface area contributed by atoms with E-state index >= 15 is 0 Å². The molecule has 0 amide bonds. The Kier molecular flexibility index (Phi) is 8.98. The Balaban J connectivity index is 1.15. The molecule has 1 heterocycles. The molecule has 38 heavy (non-hydrogen) atoms. The van der Waals surface area contributed by atoms with Crippen molar-refractivity contribution in [2.45, 2.75) is 70.2 Å². The van der Waals surface area contributed by atoms with Gasteiger partial charge in [0.2, 0.25) is 0 Å². The second kappa shape index (κ2) is 12.0. The van der Waals surface area contributed by atoms with Gasteiger partial charge in [-0.15, -0.1) is 4.91 Å². The maximum Gasteiger partial charge on any atom is 0.418 e. The van der Waals surface area contributed by atoms with E-state index in [1.165, 1.54) is 17.3 Å². The van der Waals surface area contributed by atoms with Crippen LogP contribution in [0.3, 0.4) is 0 Å². The number of anilines is 2. The molecule has 208 valence electrons. The number of hydrogen-bond donors (Lipinski definition) is 1. The number of halogens is 3. The maximum absolute atomic E-state index is 13.2. The molecule has 0 unspecified atom stereocenters. The molecular weight excluding hydrogens is 493 g/mol. The monoisotopic (exact) mass is 532 g/mol. The van der Waals surface area contributed by atoms with Crippen LogP contribution < -0.4 is 10.2 Å². The van der Waals surface area contributed by atoms with E-state index in [4.69, 9.17) is 4.74 Å². The fraction of sp³-hybridized carbons (Fsp3) is 0.586. The number of alkyl halides is 3. The molecule has 0 atom stereocenters. The van der Waals surface area contributed by atoms with Crippen molar-refractivity contribution in [3.63, 3.8) is 0 Å². The highest BCUT2D eigenvalue weighted by atomic mass is 19.4. The number of nitrogens with zero attached hydrogens (tertiary/aromatic N) is 3. The molecule has 0 bridgehead atoms. The van der Waals surface area contributed by atoms with Gasteiger partial charge in [0, 0.05) is 50.1 Å². The van der Waals surface area contributed by atoms with E-state index in [1.807, 2.05) is 0 Å². The lowest BCUT2D eigenvalue weighted by Crippen LogP contribution is -2.47. The first-order chi connectivity index (χ1) is 18.0. The number of rotatable bonds is 8. The Labute approximate surface area is 223 Å². The molecule has 1 aliphatic heterocycles. The number of nitrogens with one attached hydrogen (secondary N) is 1. The summed E-state index contributed by atoms with van der Waals surface area (Å²) in [5, 5.41) is 5.69. The normalized spacial score (nSPS) is 21.4. The van der Waals surface area contributed by atoms with Crippen molar-refractivity contribution in [2.75, 3.05) is 49.5 Å². The van der Waals surface area contributed by atoms with Gasteiger partial charge in [-0.3, -0.25) is 4.90 Å². The van der Waals surface area contributed by atoms with E-state index in [1.54, 1.807) is 0 Å². The molecule has 2 aromatic rings. The molecule has 2 aliphatic rings. The molecule has 1 saturated heterocycles. The zero-order valence-electron chi connectivity index (χ0n) is 22.6. The van der Waals surface area contributed by atoms with Gasteiger partial charge >= 0.3 is 6.18 Å². The van der Waals surface area contributed by atoms with Gasteiger partial charge in [-0.25, -0.2) is 0 Å². The molecule has 0 radical (unpaired) electrons. The minimum atomic E-state index is -4.61. The van der Waals surface area contributed by atoms with Gasteiger partial charge in [0.05, 0.1) is 18.3 Å². The molecular formula is C29H39F3N4O2. The van der Waals surface area contributed by atoms with Crippen LogP contribution in [0.5, 0.6) is 0 Å². The molecule has 1 N–H and O–H groups in total. The smallest absolute Gasteiger partial charge is 0.382 e. The van der Waals surface area contributed by atoms with E-state index < -0.39 is 17.4 Å². The van der Waals surface area contributed by atoms with Gasteiger partial charge in [-0.1, -0.05) is 32.9 Å². The van der Waals surface area contributed by atoms with Gasteiger partial charge in [0.1, 0.15) is 5.69 Å². The number of hydrogen-bond acceptors (Lipinski definition) is 6. The predicted molar refractivity (Wildman–Crippen MR) is 146 cm³/mol. The van der Waals surface area contributed by atoms with Gasteiger partial charge in [-0.05, 0) is 72.2 Å². The summed E-state index contributed by atoms with van der Waals surface area (Å²) >= 11 is 0. The highest BCUT2D eigenvalue weighted by Gasteiger charge is 2.34. The SMILES string of the molecule is CC(C)(C)c1ccc(N2CCN(CCOC3CCC(Nc4ccc(N=O)c(C(F)(F)F)c4)CC3)CC2)cc1. The van der Waals surface area contributed by atoms with Crippen LogP contribution in [-0.2, 0) is 16.3 Å². The van der Waals surface area contributed by atoms with Crippen molar-refractivity contribution < 1.29 is 17.9 Å². The van der Waals surface area contributed by atoms with Crippen LogP contribution >= 0.6 is 0 Å². The summed E-state index contributed by atoms with van der Waals surface area (Å²) in [5.74, 6) is 0. The molecule has 1 aliphatic carbocycles. The van der Waals surface area contributed by atoms with E-state index in [2.05, 4.69) is 65.3 Å². The highest BCUT2D eigenvalue weighted by Crippen LogP contribution is 2.38. The van der Waals surface area contributed by atoms with Crippen LogP contribution in [0.25, 0.3) is 0 Å². The summed E-state index contributed by atoms with van der Waals surface area (Å²) in [7, 11) is 0. The number of ether oxygens (including phenoxy) is 1. The Morgan fingerprint density at radius 2 is 1.61 bits per heavy atom. The van der Waals surface area contributed by atoms with E-state index in [0.717, 1.165) is 70.5 Å². The molecule has 0 aromatic heterocycles. The first-order valence-electron chi connectivity index (χ1n) is 13.5. The Morgan fingerprint density at radius 1 is 0.947 bits per heavy atom. The Morgan fingerprint density at radius 3 is 2.18 bits per heavy atom. The van der Waals surface area contributed by atoms with Crippen LogP contribution in [0.15, 0.2) is 47.6 Å². The summed E-state index contributed by atoms with van der Waals surface area (Å²) < 4.78 is 45.7. The van der Waals surface area contributed by atoms with Crippen molar-refractivity contribution in [1.82, 2.24) is 4.90 Å². The first kappa shape index (κ1) is 28.4. The molecule has 2 aromatic carbocycles. The topological polar surface area (TPSA) is 57.2 Å². The van der Waals surface area contributed by atoms with Crippen molar-refractivity contribution in [1.29, 1.82) is 0 Å². The third-order valence-electron chi connectivity index (χ3n) is 7.68. The summed E-state index contributed by atoms with van der Waals surface area (Å²) in [6.07, 6.45) is -1.04. The van der Waals surface area contributed by atoms with Crippen molar-refractivity contribution in [3.8, 4) is 0 Å². The lowest BCUT2D eigenvalue weighted by molar-refractivity contribution is -0.137. The standard InChI is InChI=1S/C29H39F3N4O2/c1-28(2,3)21-4-9-24(10-5-21)36-16-14-35(15-17-36)18-19-38-25-11-6-22(7-12-25)33-23-8-13-27(34-37)26(20-23)29(30,31)32/h4-5,8-10,13,20,22,25,33H,6-7,11-12,14-19H2,1-3H3. The molecule has 9 heteroatoms. The minimum absolute atomic E-state index is 0.0801. The minimum Gasteiger partial charge on any atom is -0.382 e. The zero-order chi connectivity index (χ0) is 27.3. The Hall–Kier alpha value is -2.65. The molecule has 2 fully saturated rings. The summed E-state index contributed by atoms with van der Waals surface area (Å²) in [4.78, 5) is 15.6. The van der Waals surface area contributed by atoms with Crippen LogP contribution in [0, 0.1) is 4.91 Å². The number of nitroso groups, excluding NO2 is 1. The summed E-state index contributed by atoms with van der Waals surface area (Å²) in [5.41, 5.74) is 1.56. The second-order valence-corrected chi connectivity index (χ2v) is 11.4. The first-order valence-corrected chi connectivity index (χ1v) is 13.5. The zero-order valence-corrected chi connectivity index (χ0v) is 22.6. The largest absolute Gasteiger partial charge is 0.418 e. The lowest BCUT2D eigenvalue weighted by atomic mass is 9.87. The van der Waals surface area contributed by atoms with Gasteiger partial charge in [-0.2, -0.15) is 13.2 Å². The third-order valence-corrected chi connectivity index (χ3v) is 7.68.